The van der Waals surface area contributed by atoms with Gasteiger partial charge in [0.05, 0.1) is 0 Å². The van der Waals surface area contributed by atoms with Crippen molar-refractivity contribution in [2.24, 2.45) is 0 Å². The van der Waals surface area contributed by atoms with Crippen LogP contribution in [0.2, 0.25) is 0 Å². The highest BCUT2D eigenvalue weighted by Gasteiger charge is 2.24. The van der Waals surface area contributed by atoms with Crippen LogP contribution in [0.5, 0.6) is 0 Å². The second-order valence-electron chi connectivity index (χ2n) is 3.65. The van der Waals surface area contributed by atoms with Crippen molar-refractivity contribution >= 4 is 9.28 Å². The van der Waals surface area contributed by atoms with Gasteiger partial charge in [-0.05, 0) is 12.0 Å². The predicted molar refractivity (Wildman–Crippen MR) is 65.3 cm³/mol. The van der Waals surface area contributed by atoms with Crippen molar-refractivity contribution < 1.29 is 8.85 Å². The van der Waals surface area contributed by atoms with Crippen molar-refractivity contribution in [2.45, 2.75) is 25.3 Å². The molecule has 1 atom stereocenters. The summed E-state index contributed by atoms with van der Waals surface area (Å²) in [6, 6.07) is 10.5. The fraction of sp³-hybridized carbons (Fsp3) is 0.500. The topological polar surface area (TPSA) is 18.5 Å². The first-order valence-electron chi connectivity index (χ1n) is 5.44. The van der Waals surface area contributed by atoms with Gasteiger partial charge in [0.1, 0.15) is 0 Å². The van der Waals surface area contributed by atoms with Crippen LogP contribution in [0.3, 0.4) is 0 Å². The summed E-state index contributed by atoms with van der Waals surface area (Å²) in [5.41, 5.74) is 1.81. The Bertz CT molecular complexity index is 260. The van der Waals surface area contributed by atoms with E-state index in [2.05, 4.69) is 31.2 Å². The fourth-order valence-corrected chi connectivity index (χ4v) is 3.89. The summed E-state index contributed by atoms with van der Waals surface area (Å²) in [7, 11) is 1.96. The minimum Gasteiger partial charge on any atom is -0.400 e. The van der Waals surface area contributed by atoms with Gasteiger partial charge in [0.2, 0.25) is 0 Å². The highest BCUT2D eigenvalue weighted by molar-refractivity contribution is 6.46. The SMILES string of the molecule is CCCC(c1ccccc1)[SiH](OC)OC. The molecule has 3 heteroatoms. The van der Waals surface area contributed by atoms with E-state index in [4.69, 9.17) is 8.85 Å². The van der Waals surface area contributed by atoms with Crippen LogP contribution in [-0.2, 0) is 8.85 Å². The third-order valence-electron chi connectivity index (χ3n) is 2.62. The van der Waals surface area contributed by atoms with E-state index in [0.717, 1.165) is 12.8 Å². The molecule has 1 unspecified atom stereocenters. The zero-order valence-electron chi connectivity index (χ0n) is 9.77. The standard InChI is InChI=1S/C12H20O2Si/c1-4-8-12(15(13-2)14-3)11-9-6-5-7-10-11/h5-7,9-10,12,15H,4,8H2,1-3H3. The molecule has 0 aliphatic carbocycles. The van der Waals surface area contributed by atoms with Crippen LogP contribution in [0, 0.1) is 0 Å². The van der Waals surface area contributed by atoms with E-state index in [1.54, 1.807) is 14.2 Å². The lowest BCUT2D eigenvalue weighted by atomic mass is 10.1. The molecule has 84 valence electrons. The molecule has 1 aromatic carbocycles. The maximum atomic E-state index is 5.49. The van der Waals surface area contributed by atoms with Crippen LogP contribution in [0.15, 0.2) is 30.3 Å². The molecule has 0 spiro atoms. The molecule has 1 aromatic rings. The third-order valence-corrected chi connectivity index (χ3v) is 4.93. The summed E-state index contributed by atoms with van der Waals surface area (Å²) in [5, 5.41) is 0. The van der Waals surface area contributed by atoms with Gasteiger partial charge in [-0.15, -0.1) is 0 Å². The lowest BCUT2D eigenvalue weighted by Gasteiger charge is -2.22. The molecule has 0 radical (unpaired) electrons. The van der Waals surface area contributed by atoms with Crippen LogP contribution in [0.25, 0.3) is 0 Å². The highest BCUT2D eigenvalue weighted by atomic mass is 28.3. The van der Waals surface area contributed by atoms with Crippen LogP contribution in [0.4, 0.5) is 0 Å². The summed E-state index contributed by atoms with van der Waals surface area (Å²) in [5.74, 6) is 0. The molecule has 0 bridgehead atoms. The zero-order valence-corrected chi connectivity index (χ0v) is 10.9. The molecule has 1 rings (SSSR count). The summed E-state index contributed by atoms with van der Waals surface area (Å²) in [6.07, 6.45) is 2.30. The van der Waals surface area contributed by atoms with Gasteiger partial charge in [0.15, 0.2) is 0 Å². The Hall–Kier alpha value is -0.643. The number of hydrogen-bond donors (Lipinski definition) is 0. The van der Waals surface area contributed by atoms with E-state index in [0.29, 0.717) is 5.54 Å². The number of hydrogen-bond acceptors (Lipinski definition) is 2. The average Bonchev–Trinajstić information content (AvgIpc) is 2.30. The van der Waals surface area contributed by atoms with Gasteiger partial charge >= 0.3 is 9.28 Å². The quantitative estimate of drug-likeness (QED) is 0.692. The Balaban J connectivity index is 2.81. The monoisotopic (exact) mass is 224 g/mol. The second kappa shape index (κ2) is 6.77. The Morgan fingerprint density at radius 3 is 2.20 bits per heavy atom. The summed E-state index contributed by atoms with van der Waals surface area (Å²) < 4.78 is 11.0. The molecule has 0 saturated heterocycles. The van der Waals surface area contributed by atoms with Crippen molar-refractivity contribution in [1.29, 1.82) is 0 Å². The van der Waals surface area contributed by atoms with Gasteiger partial charge in [0.25, 0.3) is 0 Å². The van der Waals surface area contributed by atoms with Gasteiger partial charge in [0, 0.05) is 19.8 Å². The molecule has 15 heavy (non-hydrogen) atoms. The van der Waals surface area contributed by atoms with Crippen molar-refractivity contribution in [1.82, 2.24) is 0 Å². The van der Waals surface area contributed by atoms with Crippen LogP contribution < -0.4 is 0 Å². The molecule has 2 nitrogen and oxygen atoms in total. The van der Waals surface area contributed by atoms with E-state index in [9.17, 15) is 0 Å². The van der Waals surface area contributed by atoms with E-state index in [-0.39, 0.29) is 0 Å². The molecule has 0 saturated carbocycles. The van der Waals surface area contributed by atoms with E-state index in [1.807, 2.05) is 6.07 Å². The van der Waals surface area contributed by atoms with Gasteiger partial charge in [-0.3, -0.25) is 0 Å². The Morgan fingerprint density at radius 1 is 1.13 bits per heavy atom. The number of benzene rings is 1. The number of rotatable bonds is 6. The first-order chi connectivity index (χ1) is 7.33. The summed E-state index contributed by atoms with van der Waals surface area (Å²) in [6.45, 7) is 2.20. The molecular weight excluding hydrogens is 204 g/mol. The zero-order chi connectivity index (χ0) is 11.1. The largest absolute Gasteiger partial charge is 0.400 e. The van der Waals surface area contributed by atoms with Crippen molar-refractivity contribution in [2.75, 3.05) is 14.2 Å². The predicted octanol–water partition coefficient (Wildman–Crippen LogP) is 2.62. The smallest absolute Gasteiger partial charge is 0.328 e. The van der Waals surface area contributed by atoms with Crippen molar-refractivity contribution in [3.63, 3.8) is 0 Å². The minimum atomic E-state index is -1.55. The Kier molecular flexibility index (Phi) is 5.61. The second-order valence-corrected chi connectivity index (χ2v) is 6.13. The van der Waals surface area contributed by atoms with Gasteiger partial charge < -0.3 is 8.85 Å². The molecule has 0 aliphatic rings. The maximum Gasteiger partial charge on any atom is 0.328 e. The lowest BCUT2D eigenvalue weighted by Crippen LogP contribution is -2.28. The molecule has 0 N–H and O–H groups in total. The minimum absolute atomic E-state index is 0.464. The van der Waals surface area contributed by atoms with Crippen LogP contribution in [-0.4, -0.2) is 23.5 Å². The molecule has 0 aromatic heterocycles. The lowest BCUT2D eigenvalue weighted by molar-refractivity contribution is 0.264. The summed E-state index contributed by atoms with van der Waals surface area (Å²) in [4.78, 5) is 0. The first kappa shape index (κ1) is 12.4. The average molecular weight is 224 g/mol. The molecule has 0 amide bonds. The summed E-state index contributed by atoms with van der Waals surface area (Å²) >= 11 is 0. The molecule has 0 fully saturated rings. The molecule has 0 heterocycles. The van der Waals surface area contributed by atoms with Crippen molar-refractivity contribution in [3.05, 3.63) is 35.9 Å². The van der Waals surface area contributed by atoms with Crippen LogP contribution in [0.1, 0.15) is 30.9 Å². The molecular formula is C12H20O2Si. The first-order valence-corrected chi connectivity index (χ1v) is 7.05. The van der Waals surface area contributed by atoms with E-state index >= 15 is 0 Å². The highest BCUT2D eigenvalue weighted by Crippen LogP contribution is 2.24. The van der Waals surface area contributed by atoms with E-state index in [1.165, 1.54) is 5.56 Å². The molecule has 0 aliphatic heterocycles. The normalized spacial score (nSPS) is 13.1. The third kappa shape index (κ3) is 3.45. The van der Waals surface area contributed by atoms with Crippen LogP contribution >= 0.6 is 0 Å². The maximum absolute atomic E-state index is 5.49. The Morgan fingerprint density at radius 2 is 1.73 bits per heavy atom. The Labute approximate surface area is 94.1 Å². The van der Waals surface area contributed by atoms with Gasteiger partial charge in [-0.25, -0.2) is 0 Å². The fourth-order valence-electron chi connectivity index (χ4n) is 1.90. The van der Waals surface area contributed by atoms with Gasteiger partial charge in [-0.2, -0.15) is 0 Å². The van der Waals surface area contributed by atoms with E-state index < -0.39 is 9.28 Å². The van der Waals surface area contributed by atoms with Crippen molar-refractivity contribution in [3.8, 4) is 0 Å². The van der Waals surface area contributed by atoms with Gasteiger partial charge in [-0.1, -0.05) is 43.7 Å².